The molecule has 1 N–H and O–H groups in total. The predicted octanol–water partition coefficient (Wildman–Crippen LogP) is 1.60. The van der Waals surface area contributed by atoms with Crippen molar-refractivity contribution in [1.29, 1.82) is 0 Å². The highest BCUT2D eigenvalue weighted by Crippen LogP contribution is 2.32. The van der Waals surface area contributed by atoms with Gasteiger partial charge in [0.25, 0.3) is 0 Å². The quantitative estimate of drug-likeness (QED) is 0.906. The Labute approximate surface area is 108 Å². The number of aliphatic hydroxyl groups excluding tert-OH is 1. The van der Waals surface area contributed by atoms with Gasteiger partial charge in [-0.15, -0.1) is 0 Å². The highest BCUT2D eigenvalue weighted by atomic mass is 32.2. The highest BCUT2D eigenvalue weighted by molar-refractivity contribution is 7.89. The molecule has 0 aromatic heterocycles. The summed E-state index contributed by atoms with van der Waals surface area (Å²) in [5.74, 6) is 0. The highest BCUT2D eigenvalue weighted by Gasteiger charge is 2.36. The van der Waals surface area contributed by atoms with Crippen LogP contribution in [0.25, 0.3) is 0 Å². The minimum absolute atomic E-state index is 0.0433. The molecule has 1 aromatic carbocycles. The molecule has 0 aliphatic carbocycles. The van der Waals surface area contributed by atoms with Crippen molar-refractivity contribution in [3.05, 3.63) is 29.8 Å². The van der Waals surface area contributed by atoms with E-state index in [0.717, 1.165) is 6.42 Å². The molecule has 0 atom stereocenters. The number of hydrogen-bond donors (Lipinski definition) is 1. The van der Waals surface area contributed by atoms with Gasteiger partial charge < -0.3 is 5.11 Å². The molecular weight excluding hydrogens is 250 g/mol. The Balaban J connectivity index is 2.31. The van der Waals surface area contributed by atoms with E-state index in [1.807, 2.05) is 0 Å². The van der Waals surface area contributed by atoms with Crippen LogP contribution in [-0.2, 0) is 16.6 Å². The van der Waals surface area contributed by atoms with Gasteiger partial charge in [-0.2, -0.15) is 4.31 Å². The molecular formula is C13H19NO3S. The summed E-state index contributed by atoms with van der Waals surface area (Å²) in [4.78, 5) is 0.270. The molecule has 0 spiro atoms. The van der Waals surface area contributed by atoms with Crippen LogP contribution in [-0.4, -0.2) is 30.9 Å². The molecule has 0 amide bonds. The van der Waals surface area contributed by atoms with E-state index in [1.165, 1.54) is 4.31 Å². The normalized spacial score (nSPS) is 20.2. The maximum absolute atomic E-state index is 12.4. The van der Waals surface area contributed by atoms with Crippen LogP contribution in [0.4, 0.5) is 0 Å². The van der Waals surface area contributed by atoms with Crippen LogP contribution in [0.2, 0.25) is 0 Å². The first kappa shape index (κ1) is 13.5. The number of sulfonamides is 1. The van der Waals surface area contributed by atoms with Gasteiger partial charge in [0.05, 0.1) is 11.5 Å². The summed E-state index contributed by atoms with van der Waals surface area (Å²) in [6, 6.07) is 6.51. The molecule has 1 aliphatic rings. The van der Waals surface area contributed by atoms with Crippen LogP contribution in [0.3, 0.4) is 0 Å². The number of aliphatic hydroxyl groups is 1. The van der Waals surface area contributed by atoms with Gasteiger partial charge in [0.2, 0.25) is 10.0 Å². The third-order valence-corrected chi connectivity index (χ3v) is 5.20. The molecule has 4 nitrogen and oxygen atoms in total. The average Bonchev–Trinajstić information content (AvgIpc) is 2.70. The lowest BCUT2D eigenvalue weighted by Crippen LogP contribution is -2.30. The molecule has 0 bridgehead atoms. The number of rotatable bonds is 3. The van der Waals surface area contributed by atoms with Gasteiger partial charge in [0, 0.05) is 13.1 Å². The van der Waals surface area contributed by atoms with Crippen LogP contribution in [0.15, 0.2) is 29.2 Å². The number of nitrogens with zero attached hydrogens (tertiary/aromatic N) is 1. The molecule has 18 heavy (non-hydrogen) atoms. The van der Waals surface area contributed by atoms with E-state index in [4.69, 9.17) is 5.11 Å². The number of hydrogen-bond acceptors (Lipinski definition) is 3. The second kappa shape index (κ2) is 4.64. The summed E-state index contributed by atoms with van der Waals surface area (Å²) >= 11 is 0. The standard InChI is InChI=1S/C13H19NO3S/c1-13(2)6-7-14(10-13)18(16,17)12-5-3-4-11(8-12)9-15/h3-5,8,15H,6-7,9-10H2,1-2H3. The largest absolute Gasteiger partial charge is 0.392 e. The zero-order valence-corrected chi connectivity index (χ0v) is 11.6. The van der Waals surface area contributed by atoms with Crippen molar-refractivity contribution in [3.63, 3.8) is 0 Å². The average molecular weight is 269 g/mol. The first-order valence-corrected chi connectivity index (χ1v) is 7.49. The lowest BCUT2D eigenvalue weighted by Gasteiger charge is -2.19. The van der Waals surface area contributed by atoms with Crippen LogP contribution in [0.1, 0.15) is 25.8 Å². The second-order valence-corrected chi connectivity index (χ2v) is 7.50. The Kier molecular flexibility index (Phi) is 3.49. The van der Waals surface area contributed by atoms with E-state index in [9.17, 15) is 8.42 Å². The fraction of sp³-hybridized carbons (Fsp3) is 0.538. The lowest BCUT2D eigenvalue weighted by molar-refractivity contribution is 0.281. The summed E-state index contributed by atoms with van der Waals surface area (Å²) in [7, 11) is -3.42. The molecule has 0 unspecified atom stereocenters. The molecule has 1 aromatic rings. The van der Waals surface area contributed by atoms with E-state index >= 15 is 0 Å². The van der Waals surface area contributed by atoms with Crippen molar-refractivity contribution in [3.8, 4) is 0 Å². The van der Waals surface area contributed by atoms with E-state index < -0.39 is 10.0 Å². The summed E-state index contributed by atoms with van der Waals surface area (Å²) in [5.41, 5.74) is 0.663. The van der Waals surface area contributed by atoms with Crippen molar-refractivity contribution in [2.24, 2.45) is 5.41 Å². The van der Waals surface area contributed by atoms with E-state index in [-0.39, 0.29) is 16.9 Å². The molecule has 1 aliphatic heterocycles. The van der Waals surface area contributed by atoms with Gasteiger partial charge in [-0.1, -0.05) is 26.0 Å². The molecule has 0 radical (unpaired) electrons. The molecule has 100 valence electrons. The van der Waals surface area contributed by atoms with Crippen LogP contribution in [0, 0.1) is 5.41 Å². The molecule has 2 rings (SSSR count). The zero-order valence-electron chi connectivity index (χ0n) is 10.8. The van der Waals surface area contributed by atoms with Gasteiger partial charge in [-0.3, -0.25) is 0 Å². The van der Waals surface area contributed by atoms with Crippen molar-refractivity contribution < 1.29 is 13.5 Å². The van der Waals surface area contributed by atoms with Crippen molar-refractivity contribution in [1.82, 2.24) is 4.31 Å². The maximum Gasteiger partial charge on any atom is 0.243 e. The van der Waals surface area contributed by atoms with Gasteiger partial charge in [-0.25, -0.2) is 8.42 Å². The third kappa shape index (κ3) is 2.58. The SMILES string of the molecule is CC1(C)CCN(S(=O)(=O)c2cccc(CO)c2)C1. The summed E-state index contributed by atoms with van der Waals surface area (Å²) < 4.78 is 26.4. The first-order chi connectivity index (χ1) is 8.35. The molecule has 1 fully saturated rings. The Morgan fingerprint density at radius 3 is 2.67 bits per heavy atom. The third-order valence-electron chi connectivity index (χ3n) is 3.36. The molecule has 0 saturated carbocycles. The van der Waals surface area contributed by atoms with Crippen LogP contribution >= 0.6 is 0 Å². The minimum Gasteiger partial charge on any atom is -0.392 e. The monoisotopic (exact) mass is 269 g/mol. The number of benzene rings is 1. The van der Waals surface area contributed by atoms with Crippen molar-refractivity contribution in [2.75, 3.05) is 13.1 Å². The first-order valence-electron chi connectivity index (χ1n) is 6.05. The lowest BCUT2D eigenvalue weighted by atomic mass is 9.93. The fourth-order valence-electron chi connectivity index (χ4n) is 2.22. The Morgan fingerprint density at radius 1 is 1.39 bits per heavy atom. The van der Waals surface area contributed by atoms with E-state index in [1.54, 1.807) is 24.3 Å². The predicted molar refractivity (Wildman–Crippen MR) is 69.5 cm³/mol. The Bertz CT molecular complexity index is 537. The summed E-state index contributed by atoms with van der Waals surface area (Å²) in [6.07, 6.45) is 0.881. The summed E-state index contributed by atoms with van der Waals surface area (Å²) in [6.45, 7) is 5.13. The van der Waals surface area contributed by atoms with Gasteiger partial charge >= 0.3 is 0 Å². The molecule has 1 saturated heterocycles. The van der Waals surface area contributed by atoms with Gasteiger partial charge in [0.1, 0.15) is 0 Å². The smallest absolute Gasteiger partial charge is 0.243 e. The fourth-order valence-corrected chi connectivity index (χ4v) is 3.92. The van der Waals surface area contributed by atoms with Gasteiger partial charge in [0.15, 0.2) is 0 Å². The van der Waals surface area contributed by atoms with Gasteiger partial charge in [-0.05, 0) is 29.5 Å². The zero-order chi connectivity index (χ0) is 13.4. The van der Waals surface area contributed by atoms with Crippen molar-refractivity contribution >= 4 is 10.0 Å². The Hall–Kier alpha value is -0.910. The Morgan fingerprint density at radius 2 is 2.11 bits per heavy atom. The van der Waals surface area contributed by atoms with E-state index in [0.29, 0.717) is 18.7 Å². The summed E-state index contributed by atoms with van der Waals surface area (Å²) in [5, 5.41) is 9.07. The minimum atomic E-state index is -3.42. The van der Waals surface area contributed by atoms with Crippen LogP contribution < -0.4 is 0 Å². The van der Waals surface area contributed by atoms with Crippen LogP contribution in [0.5, 0.6) is 0 Å². The van der Waals surface area contributed by atoms with Crippen molar-refractivity contribution in [2.45, 2.75) is 31.8 Å². The molecule has 1 heterocycles. The molecule has 5 heteroatoms. The topological polar surface area (TPSA) is 57.6 Å². The van der Waals surface area contributed by atoms with E-state index in [2.05, 4.69) is 13.8 Å². The second-order valence-electron chi connectivity index (χ2n) is 5.56. The maximum atomic E-state index is 12.4.